The highest BCUT2D eigenvalue weighted by atomic mass is 16.5. The Kier molecular flexibility index (Phi) is 6.02. The van der Waals surface area contributed by atoms with Gasteiger partial charge in [-0.2, -0.15) is 0 Å². The maximum Gasteiger partial charge on any atom is 0.272 e. The first-order valence-corrected chi connectivity index (χ1v) is 9.64. The molecule has 1 aliphatic rings. The van der Waals surface area contributed by atoms with Crippen molar-refractivity contribution in [3.63, 3.8) is 0 Å². The van der Waals surface area contributed by atoms with Gasteiger partial charge in [0, 0.05) is 31.9 Å². The summed E-state index contributed by atoms with van der Waals surface area (Å²) in [6.07, 6.45) is 0.772. The number of aromatic nitrogens is 2. The van der Waals surface area contributed by atoms with Crippen LogP contribution in [-0.2, 0) is 13.0 Å². The Labute approximate surface area is 166 Å². The molecule has 1 aromatic heterocycles. The van der Waals surface area contributed by atoms with Gasteiger partial charge in [-0.3, -0.25) is 4.79 Å². The zero-order valence-corrected chi connectivity index (χ0v) is 17.3. The van der Waals surface area contributed by atoms with E-state index in [-0.39, 0.29) is 5.91 Å². The molecule has 7 nitrogen and oxygen atoms in total. The van der Waals surface area contributed by atoms with Crippen LogP contribution < -0.4 is 14.4 Å². The van der Waals surface area contributed by atoms with E-state index in [0.29, 0.717) is 30.5 Å². The number of fused-ring (bicyclic) bond motifs is 1. The Morgan fingerprint density at radius 3 is 2.32 bits per heavy atom. The molecule has 0 unspecified atom stereocenters. The van der Waals surface area contributed by atoms with Gasteiger partial charge < -0.3 is 19.3 Å². The van der Waals surface area contributed by atoms with Crippen molar-refractivity contribution in [1.82, 2.24) is 14.9 Å². The Morgan fingerprint density at radius 2 is 1.71 bits per heavy atom. The first-order valence-electron chi connectivity index (χ1n) is 9.64. The van der Waals surface area contributed by atoms with Gasteiger partial charge in [0.25, 0.3) is 5.91 Å². The Morgan fingerprint density at radius 1 is 1.07 bits per heavy atom. The van der Waals surface area contributed by atoms with Crippen molar-refractivity contribution >= 4 is 11.9 Å². The van der Waals surface area contributed by atoms with Crippen molar-refractivity contribution in [3.05, 3.63) is 40.7 Å². The van der Waals surface area contributed by atoms with Crippen LogP contribution in [0, 0.1) is 6.92 Å². The van der Waals surface area contributed by atoms with Gasteiger partial charge in [0.1, 0.15) is 5.69 Å². The summed E-state index contributed by atoms with van der Waals surface area (Å²) in [7, 11) is 3.25. The van der Waals surface area contributed by atoms with Crippen molar-refractivity contribution in [1.29, 1.82) is 0 Å². The molecule has 150 valence electrons. The van der Waals surface area contributed by atoms with Gasteiger partial charge >= 0.3 is 0 Å². The van der Waals surface area contributed by atoms with Gasteiger partial charge in [-0.05, 0) is 56.5 Å². The molecule has 1 aliphatic heterocycles. The van der Waals surface area contributed by atoms with Crippen LogP contribution in [0.25, 0.3) is 0 Å². The molecule has 0 bridgehead atoms. The molecule has 28 heavy (non-hydrogen) atoms. The van der Waals surface area contributed by atoms with Crippen molar-refractivity contribution in [2.75, 3.05) is 38.8 Å². The normalized spacial score (nSPS) is 13.1. The molecule has 0 atom stereocenters. The lowest BCUT2D eigenvalue weighted by molar-refractivity contribution is 0.0728. The summed E-state index contributed by atoms with van der Waals surface area (Å²) in [5, 5.41) is 0. The van der Waals surface area contributed by atoms with E-state index in [4.69, 9.17) is 9.47 Å². The van der Waals surface area contributed by atoms with Gasteiger partial charge in [0.2, 0.25) is 5.95 Å². The fourth-order valence-corrected chi connectivity index (χ4v) is 3.53. The quantitative estimate of drug-likeness (QED) is 0.763. The highest BCUT2D eigenvalue weighted by Gasteiger charge is 2.25. The second kappa shape index (κ2) is 8.46. The van der Waals surface area contributed by atoms with E-state index in [1.54, 1.807) is 20.3 Å². The van der Waals surface area contributed by atoms with Crippen LogP contribution in [0.5, 0.6) is 11.5 Å². The van der Waals surface area contributed by atoms with Crippen LogP contribution in [0.1, 0.15) is 41.2 Å². The molecule has 0 radical (unpaired) electrons. The molecule has 7 heteroatoms. The number of carbonyl (C=O) groups excluding carboxylic acids is 1. The smallest absolute Gasteiger partial charge is 0.272 e. The highest BCUT2D eigenvalue weighted by molar-refractivity contribution is 5.93. The molecular formula is C21H28N4O3. The Hall–Kier alpha value is -2.83. The first-order chi connectivity index (χ1) is 13.5. The Bertz CT molecular complexity index is 865. The van der Waals surface area contributed by atoms with E-state index >= 15 is 0 Å². The molecule has 0 N–H and O–H groups in total. The van der Waals surface area contributed by atoms with Crippen molar-refractivity contribution < 1.29 is 14.3 Å². The number of anilines is 1. The van der Waals surface area contributed by atoms with E-state index in [9.17, 15) is 4.79 Å². The number of nitrogens with zero attached hydrogens (tertiary/aromatic N) is 4. The van der Waals surface area contributed by atoms with Crippen LogP contribution in [-0.4, -0.2) is 54.6 Å². The summed E-state index contributed by atoms with van der Waals surface area (Å²) >= 11 is 0. The summed E-state index contributed by atoms with van der Waals surface area (Å²) in [5.41, 5.74) is 3.50. The summed E-state index contributed by atoms with van der Waals surface area (Å²) in [6, 6.07) is 5.73. The standard InChI is InChI=1S/C21H28N4O3/c1-6-24(7-2)21-22-14(3)10-17(23-21)20(26)25-9-8-15-11-18(27-4)19(28-5)12-16(15)13-25/h10-12H,6-9,13H2,1-5H3. The zero-order chi connectivity index (χ0) is 20.3. The topological polar surface area (TPSA) is 67.8 Å². The number of hydrogen-bond acceptors (Lipinski definition) is 6. The third kappa shape index (κ3) is 3.88. The number of benzene rings is 1. The number of methoxy groups -OCH3 is 2. The van der Waals surface area contributed by atoms with Crippen LogP contribution in [0.2, 0.25) is 0 Å². The molecule has 0 saturated heterocycles. The molecule has 1 amide bonds. The van der Waals surface area contributed by atoms with E-state index in [0.717, 1.165) is 36.5 Å². The minimum Gasteiger partial charge on any atom is -0.493 e. The number of aryl methyl sites for hydroxylation is 1. The SMILES string of the molecule is CCN(CC)c1nc(C)cc(C(=O)N2CCc3cc(OC)c(OC)cc3C2)n1. The summed E-state index contributed by atoms with van der Waals surface area (Å²) in [4.78, 5) is 26.1. The maximum atomic E-state index is 13.2. The zero-order valence-electron chi connectivity index (χ0n) is 17.3. The molecule has 2 aromatic rings. The second-order valence-corrected chi connectivity index (χ2v) is 6.82. The predicted octanol–water partition coefficient (Wildman–Crippen LogP) is 2.85. The average Bonchev–Trinajstić information content (AvgIpc) is 2.72. The lowest BCUT2D eigenvalue weighted by Crippen LogP contribution is -2.37. The summed E-state index contributed by atoms with van der Waals surface area (Å²) < 4.78 is 10.8. The number of ether oxygens (including phenoxy) is 2. The fourth-order valence-electron chi connectivity index (χ4n) is 3.53. The van der Waals surface area contributed by atoms with Gasteiger partial charge in [-0.15, -0.1) is 0 Å². The van der Waals surface area contributed by atoms with E-state index in [2.05, 4.69) is 23.8 Å². The third-order valence-electron chi connectivity index (χ3n) is 5.11. The van der Waals surface area contributed by atoms with Crippen molar-refractivity contribution in [2.24, 2.45) is 0 Å². The fraction of sp³-hybridized carbons (Fsp3) is 0.476. The lowest BCUT2D eigenvalue weighted by atomic mass is 9.98. The van der Waals surface area contributed by atoms with Gasteiger partial charge in [-0.25, -0.2) is 9.97 Å². The van der Waals surface area contributed by atoms with Crippen LogP contribution in [0.3, 0.4) is 0 Å². The van der Waals surface area contributed by atoms with Crippen LogP contribution >= 0.6 is 0 Å². The minimum absolute atomic E-state index is 0.0701. The average molecular weight is 384 g/mol. The number of hydrogen-bond donors (Lipinski definition) is 0. The van der Waals surface area contributed by atoms with Crippen LogP contribution in [0.15, 0.2) is 18.2 Å². The lowest BCUT2D eigenvalue weighted by Gasteiger charge is -2.29. The second-order valence-electron chi connectivity index (χ2n) is 6.82. The van der Waals surface area contributed by atoms with E-state index in [1.165, 1.54) is 5.56 Å². The number of rotatable bonds is 6. The summed E-state index contributed by atoms with van der Waals surface area (Å²) in [6.45, 7) is 8.77. The van der Waals surface area contributed by atoms with E-state index in [1.807, 2.05) is 28.9 Å². The van der Waals surface area contributed by atoms with Gasteiger partial charge in [0.15, 0.2) is 11.5 Å². The number of carbonyl (C=O) groups is 1. The molecule has 0 aliphatic carbocycles. The summed E-state index contributed by atoms with van der Waals surface area (Å²) in [5.74, 6) is 1.94. The molecule has 0 fully saturated rings. The monoisotopic (exact) mass is 384 g/mol. The Balaban J connectivity index is 1.87. The van der Waals surface area contributed by atoms with E-state index < -0.39 is 0 Å². The molecule has 1 aromatic carbocycles. The van der Waals surface area contributed by atoms with Crippen LogP contribution in [0.4, 0.5) is 5.95 Å². The van der Waals surface area contributed by atoms with Crippen molar-refractivity contribution in [3.8, 4) is 11.5 Å². The third-order valence-corrected chi connectivity index (χ3v) is 5.11. The molecule has 0 spiro atoms. The first kappa shape index (κ1) is 19.9. The molecule has 3 rings (SSSR count). The largest absolute Gasteiger partial charge is 0.493 e. The molecule has 0 saturated carbocycles. The van der Waals surface area contributed by atoms with Crippen molar-refractivity contribution in [2.45, 2.75) is 33.7 Å². The number of amides is 1. The maximum absolute atomic E-state index is 13.2. The molecule has 2 heterocycles. The highest BCUT2D eigenvalue weighted by Crippen LogP contribution is 2.33. The minimum atomic E-state index is -0.0701. The van der Waals surface area contributed by atoms with Gasteiger partial charge in [-0.1, -0.05) is 0 Å². The van der Waals surface area contributed by atoms with Gasteiger partial charge in [0.05, 0.1) is 14.2 Å². The molecular weight excluding hydrogens is 356 g/mol. The predicted molar refractivity (Wildman–Crippen MR) is 108 cm³/mol.